The molecule has 2 aromatic heterocycles. The summed E-state index contributed by atoms with van der Waals surface area (Å²) in [6.45, 7) is 3.60. The van der Waals surface area contributed by atoms with Crippen LogP contribution in [0.2, 0.25) is 0 Å². The minimum atomic E-state index is -0.441. The Morgan fingerprint density at radius 3 is 2.13 bits per heavy atom. The van der Waals surface area contributed by atoms with Crippen molar-refractivity contribution >= 4 is 73.3 Å². The van der Waals surface area contributed by atoms with Crippen molar-refractivity contribution in [1.29, 1.82) is 0 Å². The highest BCUT2D eigenvalue weighted by Crippen LogP contribution is 2.46. The van der Waals surface area contributed by atoms with Gasteiger partial charge in [0, 0.05) is 77.8 Å². The van der Waals surface area contributed by atoms with E-state index in [4.69, 9.17) is 16.3 Å². The number of halogens is 1. The van der Waals surface area contributed by atoms with Crippen LogP contribution in [0.1, 0.15) is 63.9 Å². The van der Waals surface area contributed by atoms with E-state index < -0.39 is 5.97 Å². The van der Waals surface area contributed by atoms with Crippen molar-refractivity contribution in [2.45, 2.75) is 39.0 Å². The highest BCUT2D eigenvalue weighted by atomic mass is 35.5. The maximum atomic E-state index is 14.0. The standard InChI is InChI=1S/C38H32ClN3O5/c1-3-27(44)14-22-8-10-30-24(12-22)16-32(40-30)35(45)15-23-9-11-31-25(13-23)17-33(41-31)38(46)42-20-26(19-39)37-29-7-5-4-6-28(29)36(18-34(37)42)47-21(2)43/h4-13,16-18,26,40-41H,3,14-15,19-20H2,1-2H3. The van der Waals surface area contributed by atoms with Crippen molar-refractivity contribution in [3.05, 3.63) is 107 Å². The van der Waals surface area contributed by atoms with E-state index in [1.54, 1.807) is 17.0 Å². The summed E-state index contributed by atoms with van der Waals surface area (Å²) >= 11 is 6.42. The Kier molecular flexibility index (Phi) is 7.90. The van der Waals surface area contributed by atoms with E-state index in [0.717, 1.165) is 49.3 Å². The lowest BCUT2D eigenvalue weighted by Gasteiger charge is -2.18. The Bertz CT molecular complexity index is 2250. The van der Waals surface area contributed by atoms with Gasteiger partial charge in [0.2, 0.25) is 0 Å². The van der Waals surface area contributed by atoms with Crippen molar-refractivity contribution in [3.8, 4) is 5.75 Å². The Morgan fingerprint density at radius 1 is 0.830 bits per heavy atom. The van der Waals surface area contributed by atoms with Crippen LogP contribution >= 0.6 is 11.6 Å². The molecule has 0 aliphatic carbocycles. The van der Waals surface area contributed by atoms with Gasteiger partial charge in [-0.15, -0.1) is 11.6 Å². The number of anilines is 1. The van der Waals surface area contributed by atoms with Crippen LogP contribution < -0.4 is 9.64 Å². The first-order valence-corrected chi connectivity index (χ1v) is 16.2. The van der Waals surface area contributed by atoms with E-state index >= 15 is 0 Å². The molecule has 3 heterocycles. The van der Waals surface area contributed by atoms with Crippen molar-refractivity contribution in [3.63, 3.8) is 0 Å². The number of hydrogen-bond acceptors (Lipinski definition) is 5. The summed E-state index contributed by atoms with van der Waals surface area (Å²) in [7, 11) is 0. The number of esters is 1. The Hall–Kier alpha value is -5.21. The van der Waals surface area contributed by atoms with Gasteiger partial charge in [0.25, 0.3) is 5.91 Å². The number of alkyl halides is 1. The normalized spacial score (nSPS) is 14.2. The monoisotopic (exact) mass is 645 g/mol. The van der Waals surface area contributed by atoms with E-state index in [0.29, 0.717) is 48.1 Å². The number of ether oxygens (including phenoxy) is 1. The first kappa shape index (κ1) is 30.4. The number of hydrogen-bond donors (Lipinski definition) is 2. The van der Waals surface area contributed by atoms with Crippen LogP contribution in [0.15, 0.2) is 78.9 Å². The second-order valence-electron chi connectivity index (χ2n) is 12.1. The maximum Gasteiger partial charge on any atom is 0.308 e. The van der Waals surface area contributed by atoms with Gasteiger partial charge < -0.3 is 19.6 Å². The third kappa shape index (κ3) is 5.70. The lowest BCUT2D eigenvalue weighted by atomic mass is 9.95. The second kappa shape index (κ2) is 12.2. The summed E-state index contributed by atoms with van der Waals surface area (Å²) in [6.07, 6.45) is 1.06. The number of carbonyl (C=O) groups excluding carboxylic acids is 4. The van der Waals surface area contributed by atoms with E-state index in [1.807, 2.05) is 73.7 Å². The van der Waals surface area contributed by atoms with Crippen LogP contribution in [0, 0.1) is 0 Å². The molecule has 0 saturated carbocycles. The number of carbonyl (C=O) groups is 4. The largest absolute Gasteiger partial charge is 0.426 e. The molecule has 1 atom stereocenters. The molecule has 236 valence electrons. The summed E-state index contributed by atoms with van der Waals surface area (Å²) < 4.78 is 5.56. The van der Waals surface area contributed by atoms with Gasteiger partial charge in [0.05, 0.1) is 11.4 Å². The maximum absolute atomic E-state index is 14.0. The van der Waals surface area contributed by atoms with Gasteiger partial charge in [-0.1, -0.05) is 43.3 Å². The number of aromatic nitrogens is 2. The van der Waals surface area contributed by atoms with Crippen LogP contribution in [0.25, 0.3) is 32.6 Å². The third-order valence-electron chi connectivity index (χ3n) is 8.88. The van der Waals surface area contributed by atoms with Gasteiger partial charge in [-0.2, -0.15) is 0 Å². The molecular formula is C38H32ClN3O5. The summed E-state index contributed by atoms with van der Waals surface area (Å²) in [4.78, 5) is 59.3. The Morgan fingerprint density at radius 2 is 1.47 bits per heavy atom. The molecule has 0 bridgehead atoms. The molecule has 1 aliphatic heterocycles. The number of benzene rings is 4. The minimum Gasteiger partial charge on any atom is -0.426 e. The van der Waals surface area contributed by atoms with Gasteiger partial charge in [-0.05, 0) is 58.5 Å². The summed E-state index contributed by atoms with van der Waals surface area (Å²) in [5, 5.41) is 3.40. The Labute approximate surface area is 275 Å². The number of amides is 1. The van der Waals surface area contributed by atoms with Gasteiger partial charge in [-0.3, -0.25) is 19.2 Å². The molecule has 1 unspecified atom stereocenters. The van der Waals surface area contributed by atoms with Crippen LogP contribution in [-0.2, 0) is 22.4 Å². The molecule has 4 aromatic carbocycles. The Balaban J connectivity index is 1.15. The fourth-order valence-electron chi connectivity index (χ4n) is 6.60. The van der Waals surface area contributed by atoms with Gasteiger partial charge >= 0.3 is 5.97 Å². The molecule has 0 radical (unpaired) electrons. The van der Waals surface area contributed by atoms with Crippen molar-refractivity contribution in [2.24, 2.45) is 0 Å². The molecule has 47 heavy (non-hydrogen) atoms. The van der Waals surface area contributed by atoms with E-state index in [9.17, 15) is 19.2 Å². The first-order chi connectivity index (χ1) is 22.7. The van der Waals surface area contributed by atoms with Crippen LogP contribution in [-0.4, -0.2) is 45.8 Å². The number of H-pyrrole nitrogens is 2. The van der Waals surface area contributed by atoms with E-state index in [2.05, 4.69) is 9.97 Å². The van der Waals surface area contributed by atoms with Gasteiger partial charge in [0.1, 0.15) is 17.2 Å². The van der Waals surface area contributed by atoms with Gasteiger partial charge in [-0.25, -0.2) is 0 Å². The average Bonchev–Trinajstić information content (AvgIpc) is 3.79. The molecule has 9 heteroatoms. The number of fused-ring (bicyclic) bond motifs is 5. The fourth-order valence-corrected chi connectivity index (χ4v) is 6.85. The number of Topliss-reactive ketones (excluding diaryl/α,β-unsaturated/α-hetero) is 2. The lowest BCUT2D eigenvalue weighted by Crippen LogP contribution is -2.30. The summed E-state index contributed by atoms with van der Waals surface area (Å²) in [5.74, 6) is 0.0756. The molecule has 6 aromatic rings. The molecule has 7 rings (SSSR count). The fraction of sp³-hybridized carbons (Fsp3) is 0.211. The first-order valence-electron chi connectivity index (χ1n) is 15.6. The van der Waals surface area contributed by atoms with Crippen LogP contribution in [0.3, 0.4) is 0 Å². The quantitative estimate of drug-likeness (QED) is 0.0726. The number of rotatable bonds is 9. The van der Waals surface area contributed by atoms with Crippen molar-refractivity contribution < 1.29 is 23.9 Å². The molecule has 0 spiro atoms. The molecule has 2 N–H and O–H groups in total. The molecule has 0 fully saturated rings. The van der Waals surface area contributed by atoms with E-state index in [-0.39, 0.29) is 29.8 Å². The van der Waals surface area contributed by atoms with Crippen LogP contribution in [0.5, 0.6) is 5.75 Å². The number of nitrogens with zero attached hydrogens (tertiary/aromatic N) is 1. The molecule has 0 saturated heterocycles. The number of ketones is 2. The average molecular weight is 646 g/mol. The zero-order chi connectivity index (χ0) is 32.8. The zero-order valence-electron chi connectivity index (χ0n) is 26.0. The highest BCUT2D eigenvalue weighted by Gasteiger charge is 2.35. The number of aromatic amines is 2. The van der Waals surface area contributed by atoms with Gasteiger partial charge in [0.15, 0.2) is 5.78 Å². The van der Waals surface area contributed by atoms with Crippen molar-refractivity contribution in [2.75, 3.05) is 17.3 Å². The highest BCUT2D eigenvalue weighted by molar-refractivity contribution is 6.19. The molecular weight excluding hydrogens is 614 g/mol. The molecule has 8 nitrogen and oxygen atoms in total. The zero-order valence-corrected chi connectivity index (χ0v) is 26.7. The number of nitrogens with one attached hydrogen (secondary N) is 2. The van der Waals surface area contributed by atoms with Crippen LogP contribution in [0.4, 0.5) is 5.69 Å². The third-order valence-corrected chi connectivity index (χ3v) is 9.25. The predicted molar refractivity (Wildman–Crippen MR) is 184 cm³/mol. The lowest BCUT2D eigenvalue weighted by molar-refractivity contribution is -0.131. The van der Waals surface area contributed by atoms with E-state index in [1.165, 1.54) is 6.92 Å². The van der Waals surface area contributed by atoms with Crippen molar-refractivity contribution in [1.82, 2.24) is 9.97 Å². The topological polar surface area (TPSA) is 112 Å². The summed E-state index contributed by atoms with van der Waals surface area (Å²) in [6, 6.07) is 24.5. The predicted octanol–water partition coefficient (Wildman–Crippen LogP) is 7.66. The SMILES string of the molecule is CCC(=O)Cc1ccc2[nH]c(C(=O)Cc3ccc4[nH]c(C(=O)N5CC(CCl)c6c5cc(OC(C)=O)c5ccccc65)cc4c3)cc2c1. The molecule has 1 amide bonds. The minimum absolute atomic E-state index is 0.0600. The summed E-state index contributed by atoms with van der Waals surface area (Å²) in [5.41, 5.74) is 5.90. The molecule has 1 aliphatic rings. The smallest absolute Gasteiger partial charge is 0.308 e. The second-order valence-corrected chi connectivity index (χ2v) is 12.4.